The fraction of sp³-hybridized carbons (Fsp3) is 0.462. The van der Waals surface area contributed by atoms with Crippen molar-refractivity contribution in [2.75, 3.05) is 24.1 Å². The molecule has 1 saturated heterocycles. The van der Waals surface area contributed by atoms with Crippen molar-refractivity contribution >= 4 is 17.4 Å². The van der Waals surface area contributed by atoms with Gasteiger partial charge in [0.2, 0.25) is 5.91 Å². The van der Waals surface area contributed by atoms with Crippen LogP contribution in [0.2, 0.25) is 0 Å². The highest BCUT2D eigenvalue weighted by Crippen LogP contribution is 2.18. The summed E-state index contributed by atoms with van der Waals surface area (Å²) >= 11 is 0. The molecule has 1 aromatic rings. The highest BCUT2D eigenvalue weighted by atomic mass is 16.2. The maximum atomic E-state index is 12.1. The van der Waals surface area contributed by atoms with E-state index < -0.39 is 0 Å². The molecule has 1 fully saturated rings. The minimum atomic E-state index is -0.374. The molecule has 100 valence electrons. The Morgan fingerprint density at radius 1 is 1.58 bits per heavy atom. The Morgan fingerprint density at radius 3 is 2.84 bits per heavy atom. The van der Waals surface area contributed by atoms with E-state index in [1.807, 2.05) is 11.0 Å². The third-order valence-corrected chi connectivity index (χ3v) is 3.19. The Balaban J connectivity index is 2.04. The van der Waals surface area contributed by atoms with Gasteiger partial charge in [-0.3, -0.25) is 4.79 Å². The number of aromatic nitrogens is 1. The van der Waals surface area contributed by atoms with Gasteiger partial charge < -0.3 is 16.0 Å². The normalized spacial score (nSPS) is 15.9. The smallest absolute Gasteiger partial charge is 0.244 e. The highest BCUT2D eigenvalue weighted by molar-refractivity contribution is 5.85. The largest absolute Gasteiger partial charge is 0.396 e. The third-order valence-electron chi connectivity index (χ3n) is 3.19. The van der Waals surface area contributed by atoms with Gasteiger partial charge in [0.25, 0.3) is 0 Å². The van der Waals surface area contributed by atoms with E-state index >= 15 is 0 Å². The Kier molecular flexibility index (Phi) is 3.85. The molecule has 1 amide bonds. The molecular weight excluding hydrogens is 242 g/mol. The molecule has 0 saturated carbocycles. The summed E-state index contributed by atoms with van der Waals surface area (Å²) in [6.07, 6.45) is 3.57. The van der Waals surface area contributed by atoms with Crippen molar-refractivity contribution in [2.45, 2.75) is 25.8 Å². The van der Waals surface area contributed by atoms with Crippen LogP contribution in [0.25, 0.3) is 0 Å². The van der Waals surface area contributed by atoms with Crippen molar-refractivity contribution in [3.05, 3.63) is 17.8 Å². The molecule has 1 atom stereocenters. The maximum absolute atomic E-state index is 12.1. The van der Waals surface area contributed by atoms with Crippen molar-refractivity contribution in [1.82, 2.24) is 9.88 Å². The van der Waals surface area contributed by atoms with Gasteiger partial charge in [-0.2, -0.15) is 5.26 Å². The summed E-state index contributed by atoms with van der Waals surface area (Å²) in [7, 11) is 0. The number of likely N-dealkylation sites (tertiary alicyclic amines) is 1. The van der Waals surface area contributed by atoms with Gasteiger partial charge in [0, 0.05) is 19.3 Å². The van der Waals surface area contributed by atoms with Crippen molar-refractivity contribution < 1.29 is 4.79 Å². The van der Waals surface area contributed by atoms with Gasteiger partial charge in [0.1, 0.15) is 17.9 Å². The van der Waals surface area contributed by atoms with Crippen LogP contribution in [0.1, 0.15) is 25.3 Å². The van der Waals surface area contributed by atoms with Gasteiger partial charge in [-0.25, -0.2) is 4.98 Å². The molecule has 19 heavy (non-hydrogen) atoms. The molecule has 1 unspecified atom stereocenters. The second-order valence-electron chi connectivity index (χ2n) is 4.67. The predicted octanol–water partition coefficient (Wildman–Crippen LogP) is 0.958. The first kappa shape index (κ1) is 13.1. The molecule has 2 heterocycles. The van der Waals surface area contributed by atoms with Gasteiger partial charge in [-0.15, -0.1) is 0 Å². The zero-order chi connectivity index (χ0) is 13.8. The first-order valence-corrected chi connectivity index (χ1v) is 6.33. The Morgan fingerprint density at radius 2 is 2.26 bits per heavy atom. The second-order valence-corrected chi connectivity index (χ2v) is 4.67. The number of nitrogen functional groups attached to an aromatic ring is 1. The van der Waals surface area contributed by atoms with E-state index in [9.17, 15) is 4.79 Å². The molecule has 1 aromatic heterocycles. The van der Waals surface area contributed by atoms with Crippen LogP contribution in [-0.4, -0.2) is 34.9 Å². The van der Waals surface area contributed by atoms with Crippen molar-refractivity contribution in [2.24, 2.45) is 0 Å². The number of hydrogen-bond donors (Lipinski definition) is 2. The summed E-state index contributed by atoms with van der Waals surface area (Å²) in [6, 6.07) is 3.14. The van der Waals surface area contributed by atoms with E-state index in [0.717, 1.165) is 25.9 Å². The average molecular weight is 259 g/mol. The molecule has 6 heteroatoms. The molecule has 3 N–H and O–H groups in total. The third kappa shape index (κ3) is 2.94. The summed E-state index contributed by atoms with van der Waals surface area (Å²) in [6.45, 7) is 3.43. The summed E-state index contributed by atoms with van der Waals surface area (Å²) in [5.41, 5.74) is 6.58. The molecule has 2 rings (SSSR count). The number of nitrogens with one attached hydrogen (secondary N) is 1. The number of hydrogen-bond acceptors (Lipinski definition) is 5. The number of anilines is 2. The van der Waals surface area contributed by atoms with Gasteiger partial charge >= 0.3 is 0 Å². The van der Waals surface area contributed by atoms with Crippen LogP contribution in [0.3, 0.4) is 0 Å². The predicted molar refractivity (Wildman–Crippen MR) is 72.3 cm³/mol. The van der Waals surface area contributed by atoms with Crippen LogP contribution in [0.5, 0.6) is 0 Å². The topological polar surface area (TPSA) is 95.0 Å². The quantitative estimate of drug-likeness (QED) is 0.843. The number of carbonyl (C=O) groups is 1. The summed E-state index contributed by atoms with van der Waals surface area (Å²) in [5.74, 6) is 0.502. The van der Waals surface area contributed by atoms with Gasteiger partial charge in [-0.1, -0.05) is 0 Å². The van der Waals surface area contributed by atoms with E-state index in [2.05, 4.69) is 10.3 Å². The van der Waals surface area contributed by atoms with Crippen LogP contribution in [-0.2, 0) is 4.79 Å². The van der Waals surface area contributed by atoms with E-state index in [-0.39, 0.29) is 11.9 Å². The molecule has 0 bridgehead atoms. The minimum absolute atomic E-state index is 0.0584. The number of nitrogens with zero attached hydrogens (tertiary/aromatic N) is 3. The number of nitrogens with two attached hydrogens (primary N) is 1. The second kappa shape index (κ2) is 5.57. The SMILES string of the molecule is CC(Nc1ncc(C#N)cc1N)C(=O)N1CCCC1. The number of carbonyl (C=O) groups excluding carboxylic acids is 1. The average Bonchev–Trinajstić information content (AvgIpc) is 2.94. The van der Waals surface area contributed by atoms with Gasteiger partial charge in [0.05, 0.1) is 11.3 Å². The summed E-state index contributed by atoms with van der Waals surface area (Å²) in [4.78, 5) is 18.0. The van der Waals surface area contributed by atoms with Crippen molar-refractivity contribution in [3.63, 3.8) is 0 Å². The zero-order valence-corrected chi connectivity index (χ0v) is 10.9. The molecule has 0 aliphatic carbocycles. The maximum Gasteiger partial charge on any atom is 0.244 e. The molecular formula is C13H17N5O. The van der Waals surface area contributed by atoms with Crippen LogP contribution >= 0.6 is 0 Å². The van der Waals surface area contributed by atoms with Gasteiger partial charge in [0.15, 0.2) is 0 Å². The molecule has 0 radical (unpaired) electrons. The molecule has 0 spiro atoms. The van der Waals surface area contributed by atoms with E-state index in [4.69, 9.17) is 11.0 Å². The van der Waals surface area contributed by atoms with E-state index in [1.165, 1.54) is 6.20 Å². The lowest BCUT2D eigenvalue weighted by molar-refractivity contribution is -0.130. The number of rotatable bonds is 3. The van der Waals surface area contributed by atoms with Crippen LogP contribution in [0.15, 0.2) is 12.3 Å². The molecule has 1 aliphatic rings. The number of pyridine rings is 1. The Bertz CT molecular complexity index is 516. The summed E-state index contributed by atoms with van der Waals surface area (Å²) in [5, 5.41) is 11.7. The zero-order valence-electron chi connectivity index (χ0n) is 10.9. The van der Waals surface area contributed by atoms with E-state index in [1.54, 1.807) is 13.0 Å². The molecule has 0 aromatic carbocycles. The minimum Gasteiger partial charge on any atom is -0.396 e. The first-order valence-electron chi connectivity index (χ1n) is 6.33. The standard InChI is InChI=1S/C13H17N5O/c1-9(13(19)18-4-2-3-5-18)17-12-11(15)6-10(7-14)8-16-12/h6,8-9H,2-5,15H2,1H3,(H,16,17). The lowest BCUT2D eigenvalue weighted by Gasteiger charge is -2.21. The molecule has 1 aliphatic heterocycles. The Labute approximate surface area is 112 Å². The van der Waals surface area contributed by atoms with Crippen LogP contribution in [0.4, 0.5) is 11.5 Å². The number of amides is 1. The Hall–Kier alpha value is -2.29. The lowest BCUT2D eigenvalue weighted by Crippen LogP contribution is -2.39. The molecule has 6 nitrogen and oxygen atoms in total. The highest BCUT2D eigenvalue weighted by Gasteiger charge is 2.23. The first-order chi connectivity index (χ1) is 9.11. The monoisotopic (exact) mass is 259 g/mol. The fourth-order valence-corrected chi connectivity index (χ4v) is 2.14. The van der Waals surface area contributed by atoms with Crippen molar-refractivity contribution in [3.8, 4) is 6.07 Å². The summed E-state index contributed by atoms with van der Waals surface area (Å²) < 4.78 is 0. The van der Waals surface area contributed by atoms with Crippen LogP contribution in [0, 0.1) is 11.3 Å². The van der Waals surface area contributed by atoms with Crippen LogP contribution < -0.4 is 11.1 Å². The van der Waals surface area contributed by atoms with E-state index in [0.29, 0.717) is 17.1 Å². The lowest BCUT2D eigenvalue weighted by atomic mass is 10.2. The number of nitriles is 1. The van der Waals surface area contributed by atoms with Gasteiger partial charge in [-0.05, 0) is 25.8 Å². The van der Waals surface area contributed by atoms with Crippen molar-refractivity contribution in [1.29, 1.82) is 5.26 Å². The fourth-order valence-electron chi connectivity index (χ4n) is 2.14.